The summed E-state index contributed by atoms with van der Waals surface area (Å²) in [7, 11) is 2.13. The van der Waals surface area contributed by atoms with Crippen molar-refractivity contribution >= 4 is 11.7 Å². The van der Waals surface area contributed by atoms with Gasteiger partial charge in [-0.2, -0.15) is 5.10 Å². The van der Waals surface area contributed by atoms with Crippen LogP contribution in [0, 0.1) is 23.2 Å². The lowest BCUT2D eigenvalue weighted by molar-refractivity contribution is -0.122. The lowest BCUT2D eigenvalue weighted by Gasteiger charge is -2.58. The van der Waals surface area contributed by atoms with Gasteiger partial charge in [0, 0.05) is 18.7 Å². The predicted octanol–water partition coefficient (Wildman–Crippen LogP) is 3.94. The smallest absolute Gasteiger partial charge is 0.242 e. The van der Waals surface area contributed by atoms with Crippen LogP contribution in [0.2, 0.25) is 0 Å². The molecule has 5 rings (SSSR count). The van der Waals surface area contributed by atoms with Crippen LogP contribution in [-0.4, -0.2) is 40.2 Å². The van der Waals surface area contributed by atoms with Crippen molar-refractivity contribution in [3.05, 3.63) is 12.3 Å². The number of aromatic nitrogens is 2. The number of likely N-dealkylation sites (N-methyl/N-ethyl adjacent to an activating group) is 1. The van der Waals surface area contributed by atoms with Crippen LogP contribution in [0.3, 0.4) is 0 Å². The number of hydrogen-bond acceptors (Lipinski definition) is 3. The zero-order valence-corrected chi connectivity index (χ0v) is 16.7. The molecule has 1 atom stereocenters. The van der Waals surface area contributed by atoms with E-state index in [1.54, 1.807) is 6.20 Å². The van der Waals surface area contributed by atoms with E-state index in [0.29, 0.717) is 5.41 Å². The average molecular weight is 359 g/mol. The Bertz CT molecular complexity index is 629. The fraction of sp³-hybridized carbons (Fsp3) is 0.810. The molecular formula is C21H34N4O. The van der Waals surface area contributed by atoms with Gasteiger partial charge < -0.3 is 5.32 Å². The number of amides is 1. The first-order valence-corrected chi connectivity index (χ1v) is 10.4. The van der Waals surface area contributed by atoms with Gasteiger partial charge in [0.05, 0.1) is 12.2 Å². The number of rotatable bonds is 6. The van der Waals surface area contributed by atoms with Crippen LogP contribution in [0.5, 0.6) is 0 Å². The van der Waals surface area contributed by atoms with Gasteiger partial charge in [-0.1, -0.05) is 0 Å². The highest BCUT2D eigenvalue weighted by atomic mass is 16.2. The maximum atomic E-state index is 12.8. The molecule has 5 heteroatoms. The minimum Gasteiger partial charge on any atom is -0.310 e. The molecule has 1 N–H and O–H groups in total. The Morgan fingerprint density at radius 1 is 1.23 bits per heavy atom. The molecule has 0 aliphatic heterocycles. The van der Waals surface area contributed by atoms with Crippen LogP contribution >= 0.6 is 0 Å². The monoisotopic (exact) mass is 358 g/mol. The van der Waals surface area contributed by atoms with Gasteiger partial charge in [-0.15, -0.1) is 0 Å². The van der Waals surface area contributed by atoms with Crippen molar-refractivity contribution in [2.45, 2.75) is 71.4 Å². The second-order valence-corrected chi connectivity index (χ2v) is 9.75. The average Bonchev–Trinajstić information content (AvgIpc) is 3.00. The molecule has 4 aliphatic carbocycles. The Morgan fingerprint density at radius 2 is 1.81 bits per heavy atom. The van der Waals surface area contributed by atoms with E-state index in [1.807, 2.05) is 17.7 Å². The normalized spacial score (nSPS) is 33.8. The Hall–Kier alpha value is -1.36. The molecule has 1 aromatic rings. The molecule has 0 aromatic carbocycles. The van der Waals surface area contributed by atoms with Gasteiger partial charge in [0.15, 0.2) is 0 Å². The standard InChI is InChI=1S/C21H34N4O/c1-14(2)25-19(5-6-22-25)23-20(26)15(3)24(4)13-21-10-16-7-17(11-21)9-18(8-16)12-21/h5-6,14-18H,7-13H2,1-4H3,(H,23,26)/t15-,16?,17?,18?,21?/m1/s1. The summed E-state index contributed by atoms with van der Waals surface area (Å²) in [6.45, 7) is 7.25. The predicted molar refractivity (Wildman–Crippen MR) is 104 cm³/mol. The van der Waals surface area contributed by atoms with Crippen molar-refractivity contribution in [3.63, 3.8) is 0 Å². The third-order valence-corrected chi connectivity index (χ3v) is 7.20. The SMILES string of the molecule is CC(C)n1nccc1NC(=O)[C@@H](C)N(C)CC12CC3CC(CC(C3)C1)C2. The molecule has 0 radical (unpaired) electrons. The first-order valence-electron chi connectivity index (χ1n) is 10.4. The summed E-state index contributed by atoms with van der Waals surface area (Å²) in [6, 6.07) is 1.99. The number of nitrogens with zero attached hydrogens (tertiary/aromatic N) is 3. The molecule has 5 nitrogen and oxygen atoms in total. The summed E-state index contributed by atoms with van der Waals surface area (Å²) < 4.78 is 1.86. The van der Waals surface area contributed by atoms with Gasteiger partial charge in [-0.3, -0.25) is 9.69 Å². The molecule has 4 bridgehead atoms. The van der Waals surface area contributed by atoms with E-state index in [-0.39, 0.29) is 18.0 Å². The van der Waals surface area contributed by atoms with Crippen LogP contribution in [0.4, 0.5) is 5.82 Å². The third-order valence-electron chi connectivity index (χ3n) is 7.20. The Labute approximate surface area is 157 Å². The van der Waals surface area contributed by atoms with Gasteiger partial charge in [0.2, 0.25) is 5.91 Å². The second kappa shape index (κ2) is 6.66. The highest BCUT2D eigenvalue weighted by molar-refractivity contribution is 5.93. The summed E-state index contributed by atoms with van der Waals surface area (Å²) in [5, 5.41) is 7.39. The Kier molecular flexibility index (Phi) is 4.62. The van der Waals surface area contributed by atoms with E-state index < -0.39 is 0 Å². The quantitative estimate of drug-likeness (QED) is 0.838. The molecule has 26 heavy (non-hydrogen) atoms. The van der Waals surface area contributed by atoms with Crippen molar-refractivity contribution in [1.82, 2.24) is 14.7 Å². The highest BCUT2D eigenvalue weighted by Crippen LogP contribution is 2.60. The number of hydrogen-bond donors (Lipinski definition) is 1. The molecule has 4 saturated carbocycles. The van der Waals surface area contributed by atoms with Gasteiger partial charge in [-0.25, -0.2) is 4.68 Å². The maximum Gasteiger partial charge on any atom is 0.242 e. The van der Waals surface area contributed by atoms with Crippen molar-refractivity contribution in [2.75, 3.05) is 18.9 Å². The summed E-state index contributed by atoms with van der Waals surface area (Å²) >= 11 is 0. The van der Waals surface area contributed by atoms with Gasteiger partial charge in [0.25, 0.3) is 0 Å². The number of nitrogens with one attached hydrogen (secondary N) is 1. The first kappa shape index (κ1) is 18.0. The molecule has 0 spiro atoms. The Balaban J connectivity index is 1.39. The lowest BCUT2D eigenvalue weighted by atomic mass is 9.49. The number of carbonyl (C=O) groups excluding carboxylic acids is 1. The van der Waals surface area contributed by atoms with Crippen LogP contribution in [0.25, 0.3) is 0 Å². The molecule has 0 unspecified atom stereocenters. The highest BCUT2D eigenvalue weighted by Gasteiger charge is 2.51. The van der Waals surface area contributed by atoms with Crippen molar-refractivity contribution in [3.8, 4) is 0 Å². The van der Waals surface area contributed by atoms with Crippen LogP contribution in [-0.2, 0) is 4.79 Å². The lowest BCUT2D eigenvalue weighted by Crippen LogP contribution is -2.53. The second-order valence-electron chi connectivity index (χ2n) is 9.75. The summed E-state index contributed by atoms with van der Waals surface area (Å²) in [6.07, 6.45) is 10.3. The van der Waals surface area contributed by atoms with E-state index in [0.717, 1.165) is 30.1 Å². The molecule has 144 valence electrons. The number of anilines is 1. The molecule has 0 saturated heterocycles. The molecule has 1 heterocycles. The van der Waals surface area contributed by atoms with E-state index in [2.05, 4.69) is 36.2 Å². The van der Waals surface area contributed by atoms with Gasteiger partial charge in [0.1, 0.15) is 5.82 Å². The summed E-state index contributed by atoms with van der Waals surface area (Å²) in [4.78, 5) is 15.1. The zero-order chi connectivity index (χ0) is 18.5. The zero-order valence-electron chi connectivity index (χ0n) is 16.7. The minimum atomic E-state index is -0.126. The van der Waals surface area contributed by atoms with Crippen LogP contribution in [0.1, 0.15) is 65.3 Å². The summed E-state index contributed by atoms with van der Waals surface area (Å²) in [5.41, 5.74) is 0.470. The van der Waals surface area contributed by atoms with Crippen LogP contribution < -0.4 is 5.32 Å². The molecular weight excluding hydrogens is 324 g/mol. The fourth-order valence-corrected chi connectivity index (χ4v) is 6.41. The largest absolute Gasteiger partial charge is 0.310 e. The topological polar surface area (TPSA) is 50.2 Å². The molecule has 1 amide bonds. The molecule has 4 aliphatic rings. The summed E-state index contributed by atoms with van der Waals surface area (Å²) in [5.74, 6) is 3.73. The van der Waals surface area contributed by atoms with Crippen LogP contribution in [0.15, 0.2) is 12.3 Å². The Morgan fingerprint density at radius 3 is 2.35 bits per heavy atom. The molecule has 4 fully saturated rings. The van der Waals surface area contributed by atoms with E-state index in [1.165, 1.54) is 38.5 Å². The van der Waals surface area contributed by atoms with E-state index in [9.17, 15) is 4.79 Å². The van der Waals surface area contributed by atoms with Crippen molar-refractivity contribution < 1.29 is 4.79 Å². The van der Waals surface area contributed by atoms with Gasteiger partial charge in [-0.05, 0) is 89.5 Å². The van der Waals surface area contributed by atoms with E-state index >= 15 is 0 Å². The minimum absolute atomic E-state index is 0.0691. The third kappa shape index (κ3) is 3.30. The first-order chi connectivity index (χ1) is 12.3. The van der Waals surface area contributed by atoms with E-state index in [4.69, 9.17) is 0 Å². The maximum absolute atomic E-state index is 12.8. The number of carbonyl (C=O) groups is 1. The van der Waals surface area contributed by atoms with Crippen molar-refractivity contribution in [1.29, 1.82) is 0 Å². The van der Waals surface area contributed by atoms with Gasteiger partial charge >= 0.3 is 0 Å². The van der Waals surface area contributed by atoms with Crippen molar-refractivity contribution in [2.24, 2.45) is 23.2 Å². The fourth-order valence-electron chi connectivity index (χ4n) is 6.41. The molecule has 1 aromatic heterocycles.